The number of aromatic nitrogens is 2. The first kappa shape index (κ1) is 18.5. The van der Waals surface area contributed by atoms with E-state index in [9.17, 15) is 9.18 Å². The van der Waals surface area contributed by atoms with Gasteiger partial charge in [-0.15, -0.1) is 0 Å². The first-order chi connectivity index (χ1) is 12.5. The second kappa shape index (κ2) is 7.97. The molecule has 1 saturated heterocycles. The molecule has 0 N–H and O–H groups in total. The number of halogens is 1. The Bertz CT molecular complexity index is 752. The Morgan fingerprint density at radius 3 is 2.58 bits per heavy atom. The van der Waals surface area contributed by atoms with Gasteiger partial charge in [0.15, 0.2) is 0 Å². The summed E-state index contributed by atoms with van der Waals surface area (Å²) >= 11 is 0. The Hall–Kier alpha value is -2.25. The zero-order valence-corrected chi connectivity index (χ0v) is 15.6. The first-order valence-corrected chi connectivity index (χ1v) is 8.85. The minimum Gasteiger partial charge on any atom is -0.338 e. The molecule has 7 heteroatoms. The van der Waals surface area contributed by atoms with Crippen LogP contribution in [0.5, 0.6) is 0 Å². The second-order valence-electron chi connectivity index (χ2n) is 6.98. The van der Waals surface area contributed by atoms with Crippen molar-refractivity contribution in [2.45, 2.75) is 12.6 Å². The number of nitrogens with zero attached hydrogens (tertiary/aromatic N) is 5. The van der Waals surface area contributed by atoms with Crippen LogP contribution in [-0.2, 0) is 18.4 Å². The highest BCUT2D eigenvalue weighted by Crippen LogP contribution is 2.22. The molecule has 0 bridgehead atoms. The fourth-order valence-electron chi connectivity index (χ4n) is 3.39. The molecule has 2 heterocycles. The van der Waals surface area contributed by atoms with E-state index in [1.165, 1.54) is 12.1 Å². The number of likely N-dealkylation sites (N-methyl/N-ethyl adjacent to an activating group) is 1. The number of hydrogen-bond donors (Lipinski definition) is 0. The lowest BCUT2D eigenvalue weighted by atomic mass is 10.0. The Morgan fingerprint density at radius 1 is 1.27 bits per heavy atom. The molecule has 0 saturated carbocycles. The zero-order chi connectivity index (χ0) is 18.7. The van der Waals surface area contributed by atoms with Gasteiger partial charge >= 0.3 is 0 Å². The molecular weight excluding hydrogens is 333 g/mol. The van der Waals surface area contributed by atoms with E-state index in [4.69, 9.17) is 0 Å². The van der Waals surface area contributed by atoms with Crippen LogP contribution in [-0.4, -0.2) is 70.4 Å². The predicted molar refractivity (Wildman–Crippen MR) is 97.9 cm³/mol. The monoisotopic (exact) mass is 359 g/mol. The van der Waals surface area contributed by atoms with E-state index >= 15 is 0 Å². The third-order valence-electron chi connectivity index (χ3n) is 4.88. The second-order valence-corrected chi connectivity index (χ2v) is 6.98. The lowest BCUT2D eigenvalue weighted by molar-refractivity contribution is -0.138. The van der Waals surface area contributed by atoms with Crippen molar-refractivity contribution in [2.24, 2.45) is 7.05 Å². The standard InChI is InChI=1S/C19H26FN5O/c1-22(2)18(15-5-4-6-16(20)13-15)19(26)25-11-9-24(10-12-25)14-17-21-7-8-23(17)3/h4-8,13,18H,9-12,14H2,1-3H3/t18-/m0/s1. The molecule has 1 aromatic carbocycles. The maximum absolute atomic E-state index is 13.6. The van der Waals surface area contributed by atoms with Gasteiger partial charge in [-0.3, -0.25) is 14.6 Å². The normalized spacial score (nSPS) is 16.9. The third kappa shape index (κ3) is 4.11. The molecule has 1 fully saturated rings. The highest BCUT2D eigenvalue weighted by molar-refractivity contribution is 5.83. The first-order valence-electron chi connectivity index (χ1n) is 8.85. The number of carbonyl (C=O) groups is 1. The van der Waals surface area contributed by atoms with Gasteiger partial charge in [-0.05, 0) is 31.8 Å². The summed E-state index contributed by atoms with van der Waals surface area (Å²) in [5.74, 6) is 0.731. The summed E-state index contributed by atoms with van der Waals surface area (Å²) in [6.45, 7) is 3.74. The molecule has 140 valence electrons. The minimum atomic E-state index is -0.466. The molecule has 3 rings (SSSR count). The average Bonchev–Trinajstić information content (AvgIpc) is 3.00. The van der Waals surface area contributed by atoms with Crippen molar-refractivity contribution in [1.29, 1.82) is 0 Å². The van der Waals surface area contributed by atoms with E-state index in [-0.39, 0.29) is 11.7 Å². The summed E-state index contributed by atoms with van der Waals surface area (Å²) in [6, 6.07) is 5.84. The van der Waals surface area contributed by atoms with Gasteiger partial charge in [-0.1, -0.05) is 12.1 Å². The van der Waals surface area contributed by atoms with Crippen molar-refractivity contribution >= 4 is 5.91 Å². The molecule has 1 aromatic heterocycles. The van der Waals surface area contributed by atoms with Crippen molar-refractivity contribution in [3.05, 3.63) is 53.9 Å². The van der Waals surface area contributed by atoms with Crippen molar-refractivity contribution in [2.75, 3.05) is 40.3 Å². The van der Waals surface area contributed by atoms with Crippen molar-refractivity contribution in [3.63, 3.8) is 0 Å². The van der Waals surface area contributed by atoms with Gasteiger partial charge < -0.3 is 9.47 Å². The molecule has 1 atom stereocenters. The smallest absolute Gasteiger partial charge is 0.244 e. The van der Waals surface area contributed by atoms with Gasteiger partial charge in [0, 0.05) is 45.6 Å². The number of rotatable bonds is 5. The van der Waals surface area contributed by atoms with Gasteiger partial charge in [0.25, 0.3) is 0 Å². The number of benzene rings is 1. The lowest BCUT2D eigenvalue weighted by Gasteiger charge is -2.37. The van der Waals surface area contributed by atoms with Crippen LogP contribution in [0.15, 0.2) is 36.7 Å². The summed E-state index contributed by atoms with van der Waals surface area (Å²) in [6.07, 6.45) is 3.74. The SMILES string of the molecule is CN(C)[C@H](C(=O)N1CCN(Cc2nccn2C)CC1)c1cccc(F)c1. The van der Waals surface area contributed by atoms with Gasteiger partial charge in [-0.25, -0.2) is 9.37 Å². The van der Waals surface area contributed by atoms with E-state index in [1.54, 1.807) is 12.3 Å². The molecule has 6 nitrogen and oxygen atoms in total. The van der Waals surface area contributed by atoms with Crippen LogP contribution in [0, 0.1) is 5.82 Å². The minimum absolute atomic E-state index is 0.0252. The van der Waals surface area contributed by atoms with Gasteiger partial charge in [0.2, 0.25) is 5.91 Å². The van der Waals surface area contributed by atoms with Crippen LogP contribution in [0.1, 0.15) is 17.4 Å². The van der Waals surface area contributed by atoms with Crippen molar-refractivity contribution in [3.8, 4) is 0 Å². The fraction of sp³-hybridized carbons (Fsp3) is 0.474. The van der Waals surface area contributed by atoms with Gasteiger partial charge in [-0.2, -0.15) is 0 Å². The number of aryl methyl sites for hydroxylation is 1. The van der Waals surface area contributed by atoms with E-state index < -0.39 is 6.04 Å². The molecule has 2 aromatic rings. The highest BCUT2D eigenvalue weighted by atomic mass is 19.1. The lowest BCUT2D eigenvalue weighted by Crippen LogP contribution is -2.51. The van der Waals surface area contributed by atoms with Crippen molar-refractivity contribution in [1.82, 2.24) is 24.3 Å². The Kier molecular flexibility index (Phi) is 5.68. The topological polar surface area (TPSA) is 44.6 Å². The van der Waals surface area contributed by atoms with Crippen LogP contribution in [0.3, 0.4) is 0 Å². The molecule has 0 unspecified atom stereocenters. The average molecular weight is 359 g/mol. The zero-order valence-electron chi connectivity index (χ0n) is 15.6. The fourth-order valence-corrected chi connectivity index (χ4v) is 3.39. The van der Waals surface area contributed by atoms with Crippen LogP contribution in [0.2, 0.25) is 0 Å². The van der Waals surface area contributed by atoms with E-state index in [2.05, 4.69) is 9.88 Å². The van der Waals surface area contributed by atoms with Crippen molar-refractivity contribution < 1.29 is 9.18 Å². The number of amides is 1. The van der Waals surface area contributed by atoms with Crippen LogP contribution in [0.25, 0.3) is 0 Å². The van der Waals surface area contributed by atoms with Crippen LogP contribution >= 0.6 is 0 Å². The van der Waals surface area contributed by atoms with E-state index in [1.807, 2.05) is 47.8 Å². The molecular formula is C19H26FN5O. The number of carbonyl (C=O) groups excluding carboxylic acids is 1. The molecule has 1 aliphatic heterocycles. The van der Waals surface area contributed by atoms with Gasteiger partial charge in [0.1, 0.15) is 17.7 Å². The van der Waals surface area contributed by atoms with Gasteiger partial charge in [0.05, 0.1) is 6.54 Å². The molecule has 26 heavy (non-hydrogen) atoms. The Labute approximate surface area is 153 Å². The highest BCUT2D eigenvalue weighted by Gasteiger charge is 2.30. The molecule has 0 spiro atoms. The van der Waals surface area contributed by atoms with Crippen LogP contribution < -0.4 is 0 Å². The maximum atomic E-state index is 13.6. The summed E-state index contributed by atoms with van der Waals surface area (Å²) < 4.78 is 15.6. The number of imidazole rings is 1. The molecule has 0 aliphatic carbocycles. The molecule has 0 radical (unpaired) electrons. The van der Waals surface area contributed by atoms with Crippen LogP contribution in [0.4, 0.5) is 4.39 Å². The summed E-state index contributed by atoms with van der Waals surface area (Å²) in [5, 5.41) is 0. The third-order valence-corrected chi connectivity index (χ3v) is 4.88. The largest absolute Gasteiger partial charge is 0.338 e. The quantitative estimate of drug-likeness (QED) is 0.812. The predicted octanol–water partition coefficient (Wildman–Crippen LogP) is 1.51. The Morgan fingerprint density at radius 2 is 2.00 bits per heavy atom. The number of piperazine rings is 1. The molecule has 1 amide bonds. The Balaban J connectivity index is 1.63. The summed E-state index contributed by atoms with van der Waals surface area (Å²) in [7, 11) is 5.69. The molecule has 1 aliphatic rings. The van der Waals surface area contributed by atoms with E-state index in [0.29, 0.717) is 18.7 Å². The summed E-state index contributed by atoms with van der Waals surface area (Å²) in [5.41, 5.74) is 0.690. The van der Waals surface area contributed by atoms with E-state index in [0.717, 1.165) is 25.5 Å². The summed E-state index contributed by atoms with van der Waals surface area (Å²) in [4.78, 5) is 23.4. The maximum Gasteiger partial charge on any atom is 0.244 e. The number of hydrogen-bond acceptors (Lipinski definition) is 4.